The summed E-state index contributed by atoms with van der Waals surface area (Å²) < 4.78 is 0. The van der Waals surface area contributed by atoms with Gasteiger partial charge in [-0.3, -0.25) is 15.2 Å². The summed E-state index contributed by atoms with van der Waals surface area (Å²) in [5.41, 5.74) is 9.27. The number of benzene rings is 1. The van der Waals surface area contributed by atoms with Gasteiger partial charge < -0.3 is 10.7 Å². The molecule has 4 aliphatic rings. The number of carbonyl (C=O) groups excluding carboxylic acids is 1. The topological polar surface area (TPSA) is 59.6 Å². The maximum absolute atomic E-state index is 12.2. The van der Waals surface area contributed by atoms with Crippen molar-refractivity contribution >= 4 is 23.3 Å². The van der Waals surface area contributed by atoms with E-state index in [9.17, 15) is 4.79 Å². The van der Waals surface area contributed by atoms with E-state index in [0.29, 0.717) is 10.7 Å². The van der Waals surface area contributed by atoms with Gasteiger partial charge in [-0.1, -0.05) is 24.6 Å². The summed E-state index contributed by atoms with van der Waals surface area (Å²) in [5, 5.41) is 3.39. The third-order valence-electron chi connectivity index (χ3n) is 5.05. The summed E-state index contributed by atoms with van der Waals surface area (Å²) in [5.74, 6) is 0. The van der Waals surface area contributed by atoms with Crippen molar-refractivity contribution in [1.29, 1.82) is 0 Å². The highest BCUT2D eigenvalue weighted by Crippen LogP contribution is 2.39. The number of hydrogen-bond acceptors (Lipinski definition) is 4. The molecule has 0 aromatic heterocycles. The molecule has 3 N–H and O–H groups in total. The minimum atomic E-state index is -0.291. The van der Waals surface area contributed by atoms with Crippen LogP contribution < -0.4 is 16.2 Å². The molecule has 1 aromatic carbocycles. The Morgan fingerprint density at radius 2 is 1.92 bits per heavy atom. The Bertz CT molecular complexity index is 686. The van der Waals surface area contributed by atoms with Gasteiger partial charge in [-0.2, -0.15) is 0 Å². The summed E-state index contributed by atoms with van der Waals surface area (Å²) in [7, 11) is 0. The minimum absolute atomic E-state index is 0.0473. The number of nitrogens with one attached hydrogen (secondary N) is 3. The van der Waals surface area contributed by atoms with E-state index in [4.69, 9.17) is 11.6 Å². The van der Waals surface area contributed by atoms with Crippen LogP contribution in [0.25, 0.3) is 0 Å². The number of carbonyl (C=O) groups is 1. The fourth-order valence-electron chi connectivity index (χ4n) is 4.17. The second-order valence-electron chi connectivity index (χ2n) is 7.17. The zero-order valence-corrected chi connectivity index (χ0v) is 14.5. The van der Waals surface area contributed by atoms with Crippen LogP contribution in [0.5, 0.6) is 0 Å². The van der Waals surface area contributed by atoms with E-state index >= 15 is 0 Å². The summed E-state index contributed by atoms with van der Waals surface area (Å²) >= 11 is 5.94. The van der Waals surface area contributed by atoms with Crippen molar-refractivity contribution in [2.45, 2.75) is 6.92 Å². The van der Waals surface area contributed by atoms with Gasteiger partial charge in [0.1, 0.15) is 0 Å². The van der Waals surface area contributed by atoms with Crippen LogP contribution in [-0.4, -0.2) is 55.1 Å². The van der Waals surface area contributed by atoms with E-state index in [-0.39, 0.29) is 11.4 Å². The molecule has 24 heavy (non-hydrogen) atoms. The van der Waals surface area contributed by atoms with Gasteiger partial charge in [-0.15, -0.1) is 0 Å². The number of fused-ring (bicyclic) bond motifs is 1. The molecule has 4 heterocycles. The lowest BCUT2D eigenvalue weighted by molar-refractivity contribution is 0.148. The third-order valence-corrected chi connectivity index (χ3v) is 5.28. The highest BCUT2D eigenvalue weighted by Gasteiger charge is 2.45. The van der Waals surface area contributed by atoms with Gasteiger partial charge in [0.25, 0.3) is 0 Å². The molecule has 1 aromatic rings. The standard InChI is InChI=1S/C17H22ClN5O/c1-17-10-22-5-6-23(11-17)9-12(8-22)15(17)20-21-16(24)19-14-4-2-3-13(18)7-14/h2-4,7,20H,5-6,8-11H2,1H3,(H2,19,21,24). The summed E-state index contributed by atoms with van der Waals surface area (Å²) in [6.07, 6.45) is 0. The number of rotatable bonds is 3. The van der Waals surface area contributed by atoms with Gasteiger partial charge in [0.15, 0.2) is 0 Å². The van der Waals surface area contributed by atoms with Gasteiger partial charge >= 0.3 is 6.03 Å². The quantitative estimate of drug-likeness (QED) is 0.731. The second kappa shape index (κ2) is 5.95. The number of anilines is 1. The Hall–Kier alpha value is -1.76. The predicted molar refractivity (Wildman–Crippen MR) is 94.8 cm³/mol. The first kappa shape index (κ1) is 15.7. The van der Waals surface area contributed by atoms with E-state index in [1.54, 1.807) is 18.2 Å². The zero-order valence-electron chi connectivity index (χ0n) is 13.7. The molecular weight excluding hydrogens is 326 g/mol. The largest absolute Gasteiger partial charge is 0.337 e. The lowest BCUT2D eigenvalue weighted by Gasteiger charge is -2.46. The van der Waals surface area contributed by atoms with Crippen LogP contribution in [0.15, 0.2) is 35.5 Å². The smallest absolute Gasteiger partial charge is 0.307 e. The van der Waals surface area contributed by atoms with Gasteiger partial charge in [0.2, 0.25) is 0 Å². The first-order valence-corrected chi connectivity index (χ1v) is 8.65. The van der Waals surface area contributed by atoms with E-state index in [2.05, 4.69) is 32.9 Å². The predicted octanol–water partition coefficient (Wildman–Crippen LogP) is 1.87. The normalized spacial score (nSPS) is 30.9. The molecule has 4 bridgehead atoms. The fraction of sp³-hybridized carbons (Fsp3) is 0.471. The Balaban J connectivity index is 1.44. The molecule has 2 atom stereocenters. The van der Waals surface area contributed by atoms with Crippen molar-refractivity contribution in [3.05, 3.63) is 40.6 Å². The number of amides is 2. The maximum Gasteiger partial charge on any atom is 0.337 e. The van der Waals surface area contributed by atoms with Crippen molar-refractivity contribution < 1.29 is 4.79 Å². The number of urea groups is 1. The minimum Gasteiger partial charge on any atom is -0.307 e. The fourth-order valence-corrected chi connectivity index (χ4v) is 4.36. The highest BCUT2D eigenvalue weighted by atomic mass is 35.5. The van der Waals surface area contributed by atoms with E-state index in [1.165, 1.54) is 11.3 Å². The van der Waals surface area contributed by atoms with Crippen LogP contribution in [0.1, 0.15) is 6.92 Å². The molecule has 0 aliphatic carbocycles. The summed E-state index contributed by atoms with van der Waals surface area (Å²) in [6.45, 7) is 8.59. The third kappa shape index (κ3) is 2.97. The van der Waals surface area contributed by atoms with Gasteiger partial charge in [-0.05, 0) is 23.8 Å². The molecule has 2 unspecified atom stereocenters. The van der Waals surface area contributed by atoms with E-state index < -0.39 is 0 Å². The molecule has 2 amide bonds. The van der Waals surface area contributed by atoms with Crippen LogP contribution in [0.2, 0.25) is 5.02 Å². The molecule has 2 fully saturated rings. The monoisotopic (exact) mass is 347 g/mol. The number of hydrazine groups is 1. The molecule has 0 spiro atoms. The van der Waals surface area contributed by atoms with Crippen LogP contribution >= 0.6 is 11.6 Å². The number of halogens is 1. The first-order chi connectivity index (χ1) is 11.5. The Kier molecular flexibility index (Phi) is 3.90. The number of nitrogens with zero attached hydrogens (tertiary/aromatic N) is 2. The highest BCUT2D eigenvalue weighted by molar-refractivity contribution is 6.30. The zero-order chi connectivity index (χ0) is 16.7. The average molecular weight is 348 g/mol. The first-order valence-electron chi connectivity index (χ1n) is 8.28. The molecule has 5 rings (SSSR count). The van der Waals surface area contributed by atoms with Crippen molar-refractivity contribution in [3.63, 3.8) is 0 Å². The van der Waals surface area contributed by atoms with Gasteiger partial charge in [0.05, 0.1) is 0 Å². The van der Waals surface area contributed by atoms with Gasteiger partial charge in [-0.25, -0.2) is 4.79 Å². The Labute approximate surface area is 146 Å². The molecule has 6 nitrogen and oxygen atoms in total. The lowest BCUT2D eigenvalue weighted by Crippen LogP contribution is -2.56. The lowest BCUT2D eigenvalue weighted by atomic mass is 9.78. The van der Waals surface area contributed by atoms with Crippen LogP contribution in [0.4, 0.5) is 10.5 Å². The van der Waals surface area contributed by atoms with E-state index in [1.807, 2.05) is 6.07 Å². The van der Waals surface area contributed by atoms with Crippen LogP contribution in [0.3, 0.4) is 0 Å². The van der Waals surface area contributed by atoms with Crippen LogP contribution in [-0.2, 0) is 0 Å². The van der Waals surface area contributed by atoms with Crippen LogP contribution in [0, 0.1) is 5.41 Å². The Morgan fingerprint density at radius 1 is 1.21 bits per heavy atom. The Morgan fingerprint density at radius 3 is 2.54 bits per heavy atom. The summed E-state index contributed by atoms with van der Waals surface area (Å²) in [6, 6.07) is 6.82. The van der Waals surface area contributed by atoms with Crippen molar-refractivity contribution in [1.82, 2.24) is 20.7 Å². The molecular formula is C17H22ClN5O. The van der Waals surface area contributed by atoms with Gasteiger partial charge in [0, 0.05) is 61.1 Å². The molecule has 2 saturated heterocycles. The van der Waals surface area contributed by atoms with Crippen molar-refractivity contribution in [2.75, 3.05) is 44.6 Å². The van der Waals surface area contributed by atoms with Crippen molar-refractivity contribution in [2.24, 2.45) is 5.41 Å². The molecule has 128 valence electrons. The second-order valence-corrected chi connectivity index (χ2v) is 7.61. The van der Waals surface area contributed by atoms with Crippen molar-refractivity contribution in [3.8, 4) is 0 Å². The average Bonchev–Trinajstić information content (AvgIpc) is 2.73. The van der Waals surface area contributed by atoms with E-state index in [0.717, 1.165) is 39.3 Å². The summed E-state index contributed by atoms with van der Waals surface area (Å²) in [4.78, 5) is 17.2. The molecule has 0 saturated carbocycles. The maximum atomic E-state index is 12.2. The molecule has 0 radical (unpaired) electrons. The SMILES string of the molecule is CC12CN3CCN(CC(=C1NNC(=O)Nc1cccc(Cl)c1)C3)C2. The molecule has 4 aliphatic heterocycles. The number of hydrogen-bond donors (Lipinski definition) is 3. The molecule has 7 heteroatoms.